The zero-order valence-electron chi connectivity index (χ0n) is 10.3. The molecule has 5 heteroatoms. The van der Waals surface area contributed by atoms with Crippen LogP contribution in [0, 0.1) is 6.92 Å². The maximum atomic E-state index is 4.36. The molecule has 5 nitrogen and oxygen atoms in total. The largest absolute Gasteiger partial charge is 0.282 e. The lowest BCUT2D eigenvalue weighted by Crippen LogP contribution is -1.92. The third kappa shape index (κ3) is 1.45. The van der Waals surface area contributed by atoms with Crippen LogP contribution in [0.4, 0.5) is 0 Å². The number of hydrogen-bond donors (Lipinski definition) is 1. The highest BCUT2D eigenvalue weighted by Crippen LogP contribution is 2.25. The molecule has 19 heavy (non-hydrogen) atoms. The van der Waals surface area contributed by atoms with E-state index in [-0.39, 0.29) is 0 Å². The number of benzene rings is 1. The monoisotopic (exact) mass is 249 g/mol. The fourth-order valence-corrected chi connectivity index (χ4v) is 2.32. The molecule has 0 aliphatic carbocycles. The average molecular weight is 249 g/mol. The fraction of sp³-hybridized carbons (Fsp3) is 0.0714. The molecule has 0 amide bonds. The summed E-state index contributed by atoms with van der Waals surface area (Å²) in [5.74, 6) is 0. The van der Waals surface area contributed by atoms with E-state index in [0.29, 0.717) is 0 Å². The molecule has 92 valence electrons. The van der Waals surface area contributed by atoms with Crippen molar-refractivity contribution in [2.45, 2.75) is 6.92 Å². The van der Waals surface area contributed by atoms with Crippen LogP contribution in [0.1, 0.15) is 5.69 Å². The standard InChI is InChI=1S/C14H11N5/c1-9-11-7-10(4-5-12(11)18-17-9)13-8-15-14-3-2-6-16-19(13)14/h2-8H,1H3,(H,17,18). The quantitative estimate of drug-likeness (QED) is 0.564. The van der Waals surface area contributed by atoms with Crippen LogP contribution in [0.15, 0.2) is 42.7 Å². The van der Waals surface area contributed by atoms with Crippen LogP contribution in [-0.2, 0) is 0 Å². The molecule has 3 heterocycles. The summed E-state index contributed by atoms with van der Waals surface area (Å²) in [6, 6.07) is 10.00. The maximum absolute atomic E-state index is 4.36. The van der Waals surface area contributed by atoms with Gasteiger partial charge in [0.2, 0.25) is 0 Å². The summed E-state index contributed by atoms with van der Waals surface area (Å²) in [6.45, 7) is 2.02. The molecule has 0 unspecified atom stereocenters. The van der Waals surface area contributed by atoms with Crippen LogP contribution in [0.25, 0.3) is 27.8 Å². The highest BCUT2D eigenvalue weighted by atomic mass is 15.2. The Morgan fingerprint density at radius 2 is 2.16 bits per heavy atom. The predicted octanol–water partition coefficient (Wildman–Crippen LogP) is 2.58. The van der Waals surface area contributed by atoms with E-state index in [9.17, 15) is 0 Å². The number of fused-ring (bicyclic) bond motifs is 2. The smallest absolute Gasteiger partial charge is 0.154 e. The lowest BCUT2D eigenvalue weighted by Gasteiger charge is -2.01. The molecule has 4 aromatic rings. The lowest BCUT2D eigenvalue weighted by molar-refractivity contribution is 0.943. The van der Waals surface area contributed by atoms with Crippen molar-refractivity contribution in [2.75, 3.05) is 0 Å². The van der Waals surface area contributed by atoms with Gasteiger partial charge in [0.1, 0.15) is 0 Å². The Bertz CT molecular complexity index is 887. The molecule has 0 aliphatic rings. The van der Waals surface area contributed by atoms with Crippen molar-refractivity contribution in [3.63, 3.8) is 0 Å². The van der Waals surface area contributed by atoms with Crippen LogP contribution in [0.5, 0.6) is 0 Å². The van der Waals surface area contributed by atoms with E-state index in [2.05, 4.69) is 26.3 Å². The Morgan fingerprint density at radius 3 is 3.11 bits per heavy atom. The van der Waals surface area contributed by atoms with Crippen molar-refractivity contribution in [3.8, 4) is 11.3 Å². The number of aryl methyl sites for hydroxylation is 1. The number of nitrogens with zero attached hydrogens (tertiary/aromatic N) is 4. The second-order valence-corrected chi connectivity index (χ2v) is 4.52. The van der Waals surface area contributed by atoms with Crippen molar-refractivity contribution in [1.29, 1.82) is 0 Å². The van der Waals surface area contributed by atoms with Crippen molar-refractivity contribution >= 4 is 16.6 Å². The van der Waals surface area contributed by atoms with E-state index >= 15 is 0 Å². The third-order valence-electron chi connectivity index (χ3n) is 3.32. The number of hydrogen-bond acceptors (Lipinski definition) is 3. The number of H-pyrrole nitrogens is 1. The molecule has 0 atom stereocenters. The molecular weight excluding hydrogens is 238 g/mol. The topological polar surface area (TPSA) is 58.9 Å². The summed E-state index contributed by atoms with van der Waals surface area (Å²) in [5, 5.41) is 12.7. The predicted molar refractivity (Wildman–Crippen MR) is 72.8 cm³/mol. The Hall–Kier alpha value is -2.69. The minimum atomic E-state index is 0.849. The average Bonchev–Trinajstić information content (AvgIpc) is 3.03. The zero-order chi connectivity index (χ0) is 12.8. The number of nitrogens with one attached hydrogen (secondary N) is 1. The molecule has 0 aliphatic heterocycles. The van der Waals surface area contributed by atoms with Crippen molar-refractivity contribution in [2.24, 2.45) is 0 Å². The Kier molecular flexibility index (Phi) is 1.97. The van der Waals surface area contributed by atoms with E-state index in [1.165, 1.54) is 0 Å². The summed E-state index contributed by atoms with van der Waals surface area (Å²) in [6.07, 6.45) is 3.61. The normalized spacial score (nSPS) is 11.4. The first-order chi connectivity index (χ1) is 9.33. The number of aromatic nitrogens is 5. The van der Waals surface area contributed by atoms with Gasteiger partial charge in [0.05, 0.1) is 17.4 Å². The minimum Gasteiger partial charge on any atom is -0.282 e. The molecule has 0 saturated carbocycles. The Balaban J connectivity index is 2.01. The Labute approximate surface area is 108 Å². The summed E-state index contributed by atoms with van der Waals surface area (Å²) in [5.41, 5.74) is 4.96. The van der Waals surface area contributed by atoms with Gasteiger partial charge in [-0.25, -0.2) is 9.50 Å². The lowest BCUT2D eigenvalue weighted by atomic mass is 10.1. The summed E-state index contributed by atoms with van der Waals surface area (Å²) in [7, 11) is 0. The van der Waals surface area contributed by atoms with E-state index in [0.717, 1.165) is 33.5 Å². The van der Waals surface area contributed by atoms with Gasteiger partial charge in [0.25, 0.3) is 0 Å². The summed E-state index contributed by atoms with van der Waals surface area (Å²) >= 11 is 0. The first-order valence-corrected chi connectivity index (χ1v) is 6.07. The van der Waals surface area contributed by atoms with Crippen LogP contribution < -0.4 is 0 Å². The summed E-state index contributed by atoms with van der Waals surface area (Å²) in [4.78, 5) is 4.36. The summed E-state index contributed by atoms with van der Waals surface area (Å²) < 4.78 is 1.84. The maximum Gasteiger partial charge on any atom is 0.154 e. The molecule has 0 radical (unpaired) electrons. The van der Waals surface area contributed by atoms with E-state index in [1.54, 1.807) is 6.20 Å². The third-order valence-corrected chi connectivity index (χ3v) is 3.32. The highest BCUT2D eigenvalue weighted by molar-refractivity contribution is 5.86. The van der Waals surface area contributed by atoms with Gasteiger partial charge in [-0.1, -0.05) is 6.07 Å². The van der Waals surface area contributed by atoms with Crippen LogP contribution in [-0.4, -0.2) is 24.8 Å². The molecule has 0 spiro atoms. The van der Waals surface area contributed by atoms with Gasteiger partial charge in [-0.15, -0.1) is 0 Å². The van der Waals surface area contributed by atoms with E-state index < -0.39 is 0 Å². The zero-order valence-corrected chi connectivity index (χ0v) is 10.3. The van der Waals surface area contributed by atoms with Crippen LogP contribution >= 0.6 is 0 Å². The van der Waals surface area contributed by atoms with Gasteiger partial charge in [-0.05, 0) is 31.2 Å². The fourth-order valence-electron chi connectivity index (χ4n) is 2.32. The van der Waals surface area contributed by atoms with E-state index in [1.807, 2.05) is 41.9 Å². The number of aromatic amines is 1. The molecule has 0 saturated heterocycles. The van der Waals surface area contributed by atoms with Gasteiger partial charge in [0.15, 0.2) is 5.65 Å². The minimum absolute atomic E-state index is 0.849. The molecular formula is C14H11N5. The first-order valence-electron chi connectivity index (χ1n) is 6.07. The molecule has 3 aromatic heterocycles. The second kappa shape index (κ2) is 3.65. The van der Waals surface area contributed by atoms with Gasteiger partial charge < -0.3 is 0 Å². The molecule has 0 fully saturated rings. The number of imidazole rings is 1. The first kappa shape index (κ1) is 10.3. The molecule has 0 bridgehead atoms. The van der Waals surface area contributed by atoms with Gasteiger partial charge in [-0.2, -0.15) is 10.2 Å². The van der Waals surface area contributed by atoms with E-state index in [4.69, 9.17) is 0 Å². The van der Waals surface area contributed by atoms with Crippen LogP contribution in [0.2, 0.25) is 0 Å². The second-order valence-electron chi connectivity index (χ2n) is 4.52. The van der Waals surface area contributed by atoms with Gasteiger partial charge >= 0.3 is 0 Å². The SMILES string of the molecule is Cc1[nH]nc2ccc(-c3cnc4cccnn34)cc12. The molecule has 1 aromatic carbocycles. The van der Waals surface area contributed by atoms with Crippen LogP contribution in [0.3, 0.4) is 0 Å². The van der Waals surface area contributed by atoms with Crippen molar-refractivity contribution in [3.05, 3.63) is 48.4 Å². The molecule has 4 rings (SSSR count). The van der Waals surface area contributed by atoms with Gasteiger partial charge in [0, 0.05) is 22.8 Å². The number of rotatable bonds is 1. The molecule has 1 N–H and O–H groups in total. The highest BCUT2D eigenvalue weighted by Gasteiger charge is 2.09. The van der Waals surface area contributed by atoms with Crippen molar-refractivity contribution < 1.29 is 0 Å². The van der Waals surface area contributed by atoms with Gasteiger partial charge in [-0.3, -0.25) is 5.10 Å². The Morgan fingerprint density at radius 1 is 1.21 bits per heavy atom. The van der Waals surface area contributed by atoms with Crippen molar-refractivity contribution in [1.82, 2.24) is 24.8 Å².